The quantitative estimate of drug-likeness (QED) is 0.190. The van der Waals surface area contributed by atoms with Crippen molar-refractivity contribution in [1.29, 1.82) is 0 Å². The van der Waals surface area contributed by atoms with Gasteiger partial charge in [-0.1, -0.05) is 24.3 Å². The second-order valence-electron chi connectivity index (χ2n) is 6.41. The summed E-state index contributed by atoms with van der Waals surface area (Å²) in [6, 6.07) is 23.9. The third-order valence-electron chi connectivity index (χ3n) is 4.21. The molecule has 0 aliphatic heterocycles. The van der Waals surface area contributed by atoms with E-state index in [9.17, 15) is 0 Å². The van der Waals surface area contributed by atoms with E-state index in [1.54, 1.807) is 19.1 Å². The van der Waals surface area contributed by atoms with Crippen LogP contribution in [-0.2, 0) is 4.84 Å². The minimum Gasteiger partial charge on any atom is -0.337 e. The molecular weight excluding hydrogens is 428 g/mol. The average molecular weight is 451 g/mol. The molecule has 0 atom stereocenters. The molecule has 0 fully saturated rings. The van der Waals surface area contributed by atoms with E-state index in [0.717, 1.165) is 32.2 Å². The van der Waals surface area contributed by atoms with Crippen LogP contribution >= 0.6 is 23.9 Å². The number of anilines is 4. The van der Waals surface area contributed by atoms with Crippen LogP contribution in [-0.4, -0.2) is 24.1 Å². The van der Waals surface area contributed by atoms with E-state index < -0.39 is 0 Å². The van der Waals surface area contributed by atoms with Gasteiger partial charge in [0, 0.05) is 15.5 Å². The Balaban J connectivity index is 1.62. The van der Waals surface area contributed by atoms with Gasteiger partial charge in [0.1, 0.15) is 0 Å². The highest BCUT2D eigenvalue weighted by atomic mass is 32.2. The van der Waals surface area contributed by atoms with Gasteiger partial charge < -0.3 is 10.0 Å². The first-order valence-corrected chi connectivity index (χ1v) is 11.2. The van der Waals surface area contributed by atoms with E-state index in [-0.39, 0.29) is 0 Å². The molecule has 0 spiro atoms. The Hall–Kier alpha value is -2.98. The summed E-state index contributed by atoms with van der Waals surface area (Å²) in [5.41, 5.74) is 6.30. The van der Waals surface area contributed by atoms with Gasteiger partial charge in [0.25, 0.3) is 0 Å². The Morgan fingerprint density at radius 3 is 2.10 bits per heavy atom. The van der Waals surface area contributed by atoms with Gasteiger partial charge in [-0.25, -0.2) is 9.97 Å². The largest absolute Gasteiger partial charge is 0.337 e. The molecule has 4 N–H and O–H groups in total. The van der Waals surface area contributed by atoms with E-state index in [1.165, 1.54) is 11.9 Å². The van der Waals surface area contributed by atoms with Crippen molar-refractivity contribution in [3.63, 3.8) is 0 Å². The van der Waals surface area contributed by atoms with Crippen molar-refractivity contribution < 1.29 is 4.84 Å². The van der Waals surface area contributed by atoms with Crippen molar-refractivity contribution in [2.75, 3.05) is 29.7 Å². The number of hydrogen-bond acceptors (Lipinski definition) is 9. The summed E-state index contributed by atoms with van der Waals surface area (Å²) >= 11 is 3.01. The van der Waals surface area contributed by atoms with Crippen LogP contribution in [0, 0.1) is 0 Å². The zero-order chi connectivity index (χ0) is 21.5. The van der Waals surface area contributed by atoms with E-state index >= 15 is 0 Å². The van der Waals surface area contributed by atoms with E-state index in [1.807, 2.05) is 67.7 Å². The molecule has 0 saturated heterocycles. The summed E-state index contributed by atoms with van der Waals surface area (Å²) in [6.07, 6.45) is 0. The highest BCUT2D eigenvalue weighted by molar-refractivity contribution is 8.00. The molecule has 1 heterocycles. The van der Waals surface area contributed by atoms with Gasteiger partial charge in [-0.15, -0.1) is 0 Å². The van der Waals surface area contributed by atoms with Crippen molar-refractivity contribution in [2.24, 2.45) is 0 Å². The lowest BCUT2D eigenvalue weighted by molar-refractivity contribution is 0.271. The average Bonchev–Trinajstić information content (AvgIpc) is 2.79. The SMILES string of the molecule is CNSc1cccc(Nc2nc3ccccc3nc2NSc2cccc(NOC)c2)c1. The van der Waals surface area contributed by atoms with Crippen molar-refractivity contribution in [2.45, 2.75) is 9.79 Å². The summed E-state index contributed by atoms with van der Waals surface area (Å²) in [6.45, 7) is 0. The molecule has 158 valence electrons. The molecule has 0 saturated carbocycles. The monoisotopic (exact) mass is 450 g/mol. The summed E-state index contributed by atoms with van der Waals surface area (Å²) in [5, 5.41) is 3.41. The Kier molecular flexibility index (Phi) is 7.11. The van der Waals surface area contributed by atoms with Gasteiger partial charge in [0.15, 0.2) is 11.6 Å². The summed E-state index contributed by atoms with van der Waals surface area (Å²) < 4.78 is 6.44. The smallest absolute Gasteiger partial charge is 0.180 e. The summed E-state index contributed by atoms with van der Waals surface area (Å²) in [7, 11) is 3.49. The predicted molar refractivity (Wildman–Crippen MR) is 131 cm³/mol. The molecule has 4 rings (SSSR count). The normalized spacial score (nSPS) is 10.8. The van der Waals surface area contributed by atoms with Crippen molar-refractivity contribution in [3.8, 4) is 0 Å². The molecule has 0 aliphatic rings. The van der Waals surface area contributed by atoms with Gasteiger partial charge >= 0.3 is 0 Å². The molecule has 4 aromatic rings. The fourth-order valence-electron chi connectivity index (χ4n) is 2.90. The molecule has 9 heteroatoms. The summed E-state index contributed by atoms with van der Waals surface area (Å²) in [4.78, 5) is 16.7. The van der Waals surface area contributed by atoms with Crippen molar-refractivity contribution >= 4 is 57.9 Å². The number of nitrogens with one attached hydrogen (secondary N) is 4. The van der Waals surface area contributed by atoms with Crippen LogP contribution in [0.4, 0.5) is 23.0 Å². The molecule has 0 radical (unpaired) electrons. The molecule has 7 nitrogen and oxygen atoms in total. The Morgan fingerprint density at radius 2 is 1.39 bits per heavy atom. The second kappa shape index (κ2) is 10.4. The number of para-hydroxylation sites is 2. The fraction of sp³-hybridized carbons (Fsp3) is 0.0909. The van der Waals surface area contributed by atoms with Crippen LogP contribution in [0.5, 0.6) is 0 Å². The number of rotatable bonds is 9. The van der Waals surface area contributed by atoms with Crippen molar-refractivity contribution in [1.82, 2.24) is 14.7 Å². The summed E-state index contributed by atoms with van der Waals surface area (Å²) in [5.74, 6) is 1.31. The molecule has 31 heavy (non-hydrogen) atoms. The number of benzene rings is 3. The van der Waals surface area contributed by atoms with Gasteiger partial charge in [-0.2, -0.15) is 0 Å². The number of nitrogens with zero attached hydrogens (tertiary/aromatic N) is 2. The Labute approximate surface area is 189 Å². The zero-order valence-electron chi connectivity index (χ0n) is 17.0. The maximum absolute atomic E-state index is 4.99. The standard InChI is InChI=1S/C22H22N6OS2/c1-23-30-17-9-5-7-15(13-17)24-21-22(26-20-12-4-3-11-19(20)25-21)28-31-18-10-6-8-16(14-18)27-29-2/h3-14,23,27H,1-2H3,(H,24,25)(H,26,28). The topological polar surface area (TPSA) is 83.1 Å². The molecule has 3 aromatic carbocycles. The Bertz CT molecular complexity index is 1170. The van der Waals surface area contributed by atoms with Gasteiger partial charge in [0.2, 0.25) is 0 Å². The van der Waals surface area contributed by atoms with Crippen molar-refractivity contribution in [3.05, 3.63) is 72.8 Å². The highest BCUT2D eigenvalue weighted by Crippen LogP contribution is 2.30. The van der Waals surface area contributed by atoms with Gasteiger partial charge in [-0.3, -0.25) is 15.0 Å². The maximum Gasteiger partial charge on any atom is 0.180 e. The predicted octanol–water partition coefficient (Wildman–Crippen LogP) is 5.69. The molecule has 0 amide bonds. The second-order valence-corrected chi connectivity index (χ2v) is 8.37. The number of fused-ring (bicyclic) bond motifs is 1. The van der Waals surface area contributed by atoms with Crippen LogP contribution in [0.15, 0.2) is 82.6 Å². The fourth-order valence-corrected chi connectivity index (χ4v) is 4.16. The lowest BCUT2D eigenvalue weighted by Gasteiger charge is -2.14. The first kappa shape index (κ1) is 21.3. The molecular formula is C22H22N6OS2. The van der Waals surface area contributed by atoms with Crippen LogP contribution < -0.4 is 20.2 Å². The van der Waals surface area contributed by atoms with Crippen LogP contribution in [0.3, 0.4) is 0 Å². The van der Waals surface area contributed by atoms with Crippen LogP contribution in [0.2, 0.25) is 0 Å². The minimum absolute atomic E-state index is 0.653. The zero-order valence-corrected chi connectivity index (χ0v) is 18.7. The minimum atomic E-state index is 0.653. The number of hydrogen-bond donors (Lipinski definition) is 4. The number of aromatic nitrogens is 2. The van der Waals surface area contributed by atoms with Crippen LogP contribution in [0.25, 0.3) is 11.0 Å². The van der Waals surface area contributed by atoms with E-state index in [0.29, 0.717) is 11.6 Å². The van der Waals surface area contributed by atoms with E-state index in [4.69, 9.17) is 14.8 Å². The Morgan fingerprint density at radius 1 is 0.742 bits per heavy atom. The molecule has 0 bridgehead atoms. The first-order chi connectivity index (χ1) is 15.2. The maximum atomic E-state index is 4.99. The highest BCUT2D eigenvalue weighted by Gasteiger charge is 2.11. The molecule has 1 aromatic heterocycles. The van der Waals surface area contributed by atoms with E-state index in [2.05, 4.69) is 32.4 Å². The molecule has 0 aliphatic carbocycles. The van der Waals surface area contributed by atoms with Gasteiger partial charge in [-0.05, 0) is 79.5 Å². The first-order valence-electron chi connectivity index (χ1n) is 9.54. The van der Waals surface area contributed by atoms with Gasteiger partial charge in [0.05, 0.1) is 23.8 Å². The molecule has 0 unspecified atom stereocenters. The third-order valence-corrected chi connectivity index (χ3v) is 5.69. The van der Waals surface area contributed by atoms with Crippen LogP contribution in [0.1, 0.15) is 0 Å². The lowest BCUT2D eigenvalue weighted by atomic mass is 10.3. The lowest BCUT2D eigenvalue weighted by Crippen LogP contribution is -2.02. The third kappa shape index (κ3) is 5.59.